The van der Waals surface area contributed by atoms with Crippen molar-refractivity contribution in [3.8, 4) is 5.69 Å². The summed E-state index contributed by atoms with van der Waals surface area (Å²) in [4.78, 5) is 0. The largest absolute Gasteiger partial charge is 0.382 e. The molecule has 3 heteroatoms. The molecule has 0 saturated heterocycles. The summed E-state index contributed by atoms with van der Waals surface area (Å²) in [5.41, 5.74) is 2.25. The van der Waals surface area contributed by atoms with Gasteiger partial charge in [0.15, 0.2) is 0 Å². The lowest BCUT2D eigenvalue weighted by molar-refractivity contribution is 0.671. The van der Waals surface area contributed by atoms with E-state index in [1.165, 1.54) is 0 Å². The first kappa shape index (κ1) is 11.7. The minimum atomic E-state index is 0.544. The number of hydrogen-bond donors (Lipinski definition) is 1. The second-order valence-corrected chi connectivity index (χ2v) is 4.16. The summed E-state index contributed by atoms with van der Waals surface area (Å²) in [6.45, 7) is 4.41. The summed E-state index contributed by atoms with van der Waals surface area (Å²) in [7, 11) is 0. The molecule has 0 unspecified atom stereocenters. The van der Waals surface area contributed by atoms with Gasteiger partial charge in [-0.05, 0) is 37.1 Å². The maximum Gasteiger partial charge on any atom is 0.0666 e. The Kier molecular flexibility index (Phi) is 3.81. The number of benzene rings is 1. The van der Waals surface area contributed by atoms with Crippen LogP contribution in [-0.4, -0.2) is 15.8 Å². The molecule has 0 atom stereocenters. The molecule has 0 fully saturated rings. The van der Waals surface area contributed by atoms with Crippen LogP contribution in [0.15, 0.2) is 42.7 Å². The summed E-state index contributed by atoms with van der Waals surface area (Å²) in [5.74, 6) is 0. The lowest BCUT2D eigenvalue weighted by Gasteiger charge is -2.16. The van der Waals surface area contributed by atoms with Gasteiger partial charge in [-0.1, -0.05) is 19.9 Å². The van der Waals surface area contributed by atoms with Crippen LogP contribution < -0.4 is 5.32 Å². The monoisotopic (exact) mass is 229 g/mol. The van der Waals surface area contributed by atoms with Gasteiger partial charge in [-0.25, -0.2) is 4.68 Å². The van der Waals surface area contributed by atoms with Crippen molar-refractivity contribution < 1.29 is 0 Å². The van der Waals surface area contributed by atoms with Crippen molar-refractivity contribution in [3.05, 3.63) is 42.7 Å². The number of hydrogen-bond acceptors (Lipinski definition) is 2. The molecule has 90 valence electrons. The molecular formula is C14H19N3. The normalized spacial score (nSPS) is 10.8. The van der Waals surface area contributed by atoms with E-state index in [0.29, 0.717) is 6.04 Å². The van der Waals surface area contributed by atoms with Crippen LogP contribution in [0.25, 0.3) is 5.69 Å². The quantitative estimate of drug-likeness (QED) is 0.850. The van der Waals surface area contributed by atoms with Gasteiger partial charge in [0.25, 0.3) is 0 Å². The highest BCUT2D eigenvalue weighted by molar-refractivity contribution is 5.51. The number of aromatic nitrogens is 2. The SMILES string of the molecule is CCC(CC)Nc1cccc(-n2cccn2)c1. The van der Waals surface area contributed by atoms with Crippen LogP contribution in [0.4, 0.5) is 5.69 Å². The maximum absolute atomic E-state index is 4.24. The van der Waals surface area contributed by atoms with E-state index in [-0.39, 0.29) is 0 Å². The zero-order valence-electron chi connectivity index (χ0n) is 10.4. The Morgan fingerprint density at radius 3 is 2.71 bits per heavy atom. The summed E-state index contributed by atoms with van der Waals surface area (Å²) in [5, 5.41) is 7.78. The lowest BCUT2D eigenvalue weighted by Crippen LogP contribution is -2.16. The predicted octanol–water partition coefficient (Wildman–Crippen LogP) is 3.47. The Labute approximate surface area is 102 Å². The molecule has 2 aromatic rings. The third kappa shape index (κ3) is 2.87. The second-order valence-electron chi connectivity index (χ2n) is 4.16. The maximum atomic E-state index is 4.24. The summed E-state index contributed by atoms with van der Waals surface area (Å²) in [6, 6.07) is 10.8. The van der Waals surface area contributed by atoms with Gasteiger partial charge in [0, 0.05) is 24.1 Å². The van der Waals surface area contributed by atoms with Crippen molar-refractivity contribution in [1.82, 2.24) is 9.78 Å². The zero-order valence-corrected chi connectivity index (χ0v) is 10.4. The molecule has 1 N–H and O–H groups in total. The standard InChI is InChI=1S/C14H19N3/c1-3-12(4-2)16-13-7-5-8-14(11-13)17-10-6-9-15-17/h5-12,16H,3-4H2,1-2H3. The van der Waals surface area contributed by atoms with Crippen LogP contribution in [0, 0.1) is 0 Å². The molecule has 3 nitrogen and oxygen atoms in total. The van der Waals surface area contributed by atoms with Crippen molar-refractivity contribution in [2.75, 3.05) is 5.32 Å². The van der Waals surface area contributed by atoms with Gasteiger partial charge in [-0.15, -0.1) is 0 Å². The molecular weight excluding hydrogens is 210 g/mol. The average molecular weight is 229 g/mol. The van der Waals surface area contributed by atoms with Gasteiger partial charge in [-0.2, -0.15) is 5.10 Å². The van der Waals surface area contributed by atoms with Crippen molar-refractivity contribution in [2.24, 2.45) is 0 Å². The highest BCUT2D eigenvalue weighted by Crippen LogP contribution is 2.16. The molecule has 1 aromatic carbocycles. The Morgan fingerprint density at radius 2 is 2.06 bits per heavy atom. The van der Waals surface area contributed by atoms with Crippen LogP contribution in [0.5, 0.6) is 0 Å². The molecule has 0 amide bonds. The fourth-order valence-corrected chi connectivity index (χ4v) is 1.89. The summed E-state index contributed by atoms with van der Waals surface area (Å²) < 4.78 is 1.87. The number of rotatable bonds is 5. The van der Waals surface area contributed by atoms with E-state index in [9.17, 15) is 0 Å². The Balaban J connectivity index is 2.17. The van der Waals surface area contributed by atoms with Gasteiger partial charge in [0.05, 0.1) is 5.69 Å². The van der Waals surface area contributed by atoms with Crippen molar-refractivity contribution in [2.45, 2.75) is 32.7 Å². The topological polar surface area (TPSA) is 29.9 Å². The molecule has 1 aromatic heterocycles. The van der Waals surface area contributed by atoms with E-state index in [1.54, 1.807) is 6.20 Å². The fourth-order valence-electron chi connectivity index (χ4n) is 1.89. The van der Waals surface area contributed by atoms with Gasteiger partial charge < -0.3 is 5.32 Å². The van der Waals surface area contributed by atoms with Crippen molar-refractivity contribution >= 4 is 5.69 Å². The van der Waals surface area contributed by atoms with E-state index in [2.05, 4.69) is 48.5 Å². The molecule has 0 aliphatic heterocycles. The van der Waals surface area contributed by atoms with Crippen LogP contribution in [0.3, 0.4) is 0 Å². The van der Waals surface area contributed by atoms with E-state index in [0.717, 1.165) is 24.2 Å². The minimum Gasteiger partial charge on any atom is -0.382 e. The summed E-state index contributed by atoms with van der Waals surface area (Å²) >= 11 is 0. The Bertz CT molecular complexity index is 444. The van der Waals surface area contributed by atoms with E-state index < -0.39 is 0 Å². The smallest absolute Gasteiger partial charge is 0.0666 e. The first-order chi connectivity index (χ1) is 8.33. The third-order valence-corrected chi connectivity index (χ3v) is 2.97. The predicted molar refractivity (Wildman–Crippen MR) is 71.6 cm³/mol. The van der Waals surface area contributed by atoms with E-state index >= 15 is 0 Å². The highest BCUT2D eigenvalue weighted by Gasteiger charge is 2.03. The molecule has 0 bridgehead atoms. The zero-order chi connectivity index (χ0) is 12.1. The van der Waals surface area contributed by atoms with Gasteiger partial charge in [0.1, 0.15) is 0 Å². The van der Waals surface area contributed by atoms with Crippen LogP contribution in [0.1, 0.15) is 26.7 Å². The first-order valence-electron chi connectivity index (χ1n) is 6.20. The van der Waals surface area contributed by atoms with Crippen molar-refractivity contribution in [3.63, 3.8) is 0 Å². The van der Waals surface area contributed by atoms with Gasteiger partial charge in [-0.3, -0.25) is 0 Å². The van der Waals surface area contributed by atoms with Gasteiger partial charge in [0.2, 0.25) is 0 Å². The fraction of sp³-hybridized carbons (Fsp3) is 0.357. The van der Waals surface area contributed by atoms with E-state index in [4.69, 9.17) is 0 Å². The highest BCUT2D eigenvalue weighted by atomic mass is 15.3. The molecule has 2 rings (SSSR count). The third-order valence-electron chi connectivity index (χ3n) is 2.97. The number of anilines is 1. The number of nitrogens with one attached hydrogen (secondary N) is 1. The molecule has 0 saturated carbocycles. The minimum absolute atomic E-state index is 0.544. The van der Waals surface area contributed by atoms with Crippen LogP contribution in [-0.2, 0) is 0 Å². The molecule has 17 heavy (non-hydrogen) atoms. The number of nitrogens with zero attached hydrogens (tertiary/aromatic N) is 2. The van der Waals surface area contributed by atoms with E-state index in [1.807, 2.05) is 16.9 Å². The second kappa shape index (κ2) is 5.53. The van der Waals surface area contributed by atoms with Crippen LogP contribution >= 0.6 is 0 Å². The molecule has 0 spiro atoms. The lowest BCUT2D eigenvalue weighted by atomic mass is 10.1. The Morgan fingerprint density at radius 1 is 1.24 bits per heavy atom. The average Bonchev–Trinajstić information content (AvgIpc) is 2.90. The molecule has 0 radical (unpaired) electrons. The first-order valence-corrected chi connectivity index (χ1v) is 6.20. The Hall–Kier alpha value is -1.77. The van der Waals surface area contributed by atoms with Crippen LogP contribution in [0.2, 0.25) is 0 Å². The van der Waals surface area contributed by atoms with Gasteiger partial charge >= 0.3 is 0 Å². The molecule has 0 aliphatic carbocycles. The van der Waals surface area contributed by atoms with Crippen molar-refractivity contribution in [1.29, 1.82) is 0 Å². The summed E-state index contributed by atoms with van der Waals surface area (Å²) in [6.07, 6.45) is 6.03. The molecule has 0 aliphatic rings. The molecule has 1 heterocycles.